The normalized spacial score (nSPS) is 34.4. The minimum absolute atomic E-state index is 0.222. The summed E-state index contributed by atoms with van der Waals surface area (Å²) in [7, 11) is 0. The lowest BCUT2D eigenvalue weighted by Gasteiger charge is -2.36. The van der Waals surface area contributed by atoms with Crippen molar-refractivity contribution in [2.75, 3.05) is 13.1 Å². The zero-order valence-corrected chi connectivity index (χ0v) is 13.1. The predicted molar refractivity (Wildman–Crippen MR) is 83.0 cm³/mol. The minimum Gasteiger partial charge on any atom is -0.389 e. The number of aliphatic hydroxyl groups is 1. The molecule has 21 heavy (non-hydrogen) atoms. The highest BCUT2D eigenvalue weighted by atomic mass is 16.3. The maximum absolute atomic E-state index is 11.8. The summed E-state index contributed by atoms with van der Waals surface area (Å²) < 4.78 is 0. The number of likely N-dealkylation sites (tertiary alicyclic amines) is 1. The van der Waals surface area contributed by atoms with Gasteiger partial charge in [-0.25, -0.2) is 0 Å². The predicted octanol–water partition coefficient (Wildman–Crippen LogP) is 2.20. The van der Waals surface area contributed by atoms with Crippen LogP contribution in [-0.2, 0) is 4.79 Å². The van der Waals surface area contributed by atoms with Crippen molar-refractivity contribution < 1.29 is 9.90 Å². The first-order chi connectivity index (χ1) is 10.2. The molecule has 3 rings (SSSR count). The molecule has 1 aliphatic carbocycles. The summed E-state index contributed by atoms with van der Waals surface area (Å²) in [5.41, 5.74) is -0.488. The molecule has 2 atom stereocenters. The first kappa shape index (κ1) is 15.3. The van der Waals surface area contributed by atoms with Gasteiger partial charge in [-0.05, 0) is 32.1 Å². The Kier molecular flexibility index (Phi) is 4.85. The van der Waals surface area contributed by atoms with Crippen LogP contribution in [-0.4, -0.2) is 46.7 Å². The maximum atomic E-state index is 11.8. The van der Waals surface area contributed by atoms with Gasteiger partial charge in [-0.3, -0.25) is 9.69 Å². The Bertz CT molecular complexity index is 364. The summed E-state index contributed by atoms with van der Waals surface area (Å²) in [4.78, 5) is 14.3. The van der Waals surface area contributed by atoms with Crippen LogP contribution in [0.3, 0.4) is 0 Å². The van der Waals surface area contributed by atoms with Crippen molar-refractivity contribution >= 4 is 5.91 Å². The molecule has 120 valence electrons. The molecule has 2 heterocycles. The number of carbonyl (C=O) groups excluding carboxylic acids is 1. The molecule has 0 aromatic rings. The number of β-amino-alcohol motifs (C(OH)–C–C–N with tert-alkyl or cyclic N) is 1. The summed E-state index contributed by atoms with van der Waals surface area (Å²) in [6, 6.07) is 0.758. The fourth-order valence-electron chi connectivity index (χ4n) is 4.51. The molecule has 0 bridgehead atoms. The van der Waals surface area contributed by atoms with Crippen LogP contribution in [0.4, 0.5) is 0 Å². The van der Waals surface area contributed by atoms with Gasteiger partial charge in [0.05, 0.1) is 5.60 Å². The maximum Gasteiger partial charge on any atom is 0.220 e. The van der Waals surface area contributed by atoms with E-state index >= 15 is 0 Å². The first-order valence-corrected chi connectivity index (χ1v) is 8.92. The molecule has 0 aromatic carbocycles. The third-order valence-electron chi connectivity index (χ3n) is 5.69. The van der Waals surface area contributed by atoms with Crippen LogP contribution >= 0.6 is 0 Å². The van der Waals surface area contributed by atoms with E-state index < -0.39 is 5.60 Å². The molecular formula is C17H30N2O2. The molecule has 4 heteroatoms. The molecule has 3 fully saturated rings. The molecule has 0 spiro atoms. The number of nitrogens with zero attached hydrogens (tertiary/aromatic N) is 1. The van der Waals surface area contributed by atoms with E-state index in [-0.39, 0.29) is 5.91 Å². The Balaban J connectivity index is 1.63. The lowest BCUT2D eigenvalue weighted by atomic mass is 9.92. The van der Waals surface area contributed by atoms with E-state index in [0.29, 0.717) is 18.5 Å². The Morgan fingerprint density at radius 3 is 2.62 bits per heavy atom. The molecular weight excluding hydrogens is 264 g/mol. The van der Waals surface area contributed by atoms with Crippen LogP contribution in [0.15, 0.2) is 0 Å². The highest BCUT2D eigenvalue weighted by Crippen LogP contribution is 2.32. The Morgan fingerprint density at radius 2 is 1.86 bits per heavy atom. The number of fused-ring (bicyclic) bond motifs is 1. The molecule has 0 radical (unpaired) electrons. The molecule has 1 saturated carbocycles. The van der Waals surface area contributed by atoms with Crippen molar-refractivity contribution in [1.82, 2.24) is 10.2 Å². The fraction of sp³-hybridized carbons (Fsp3) is 0.941. The van der Waals surface area contributed by atoms with Gasteiger partial charge in [0.2, 0.25) is 5.91 Å². The highest BCUT2D eigenvalue weighted by molar-refractivity contribution is 5.76. The van der Waals surface area contributed by atoms with Gasteiger partial charge in [-0.1, -0.05) is 32.1 Å². The molecule has 2 saturated heterocycles. The first-order valence-electron chi connectivity index (χ1n) is 8.92. The lowest BCUT2D eigenvalue weighted by Crippen LogP contribution is -2.50. The SMILES string of the molecule is O=C1CCCC[C@@H]2[C@H](CCN2CC2(O)CCCCCC2)N1. The van der Waals surface area contributed by atoms with Crippen LogP contribution in [0.25, 0.3) is 0 Å². The lowest BCUT2D eigenvalue weighted by molar-refractivity contribution is -0.122. The van der Waals surface area contributed by atoms with Gasteiger partial charge in [0.15, 0.2) is 0 Å². The highest BCUT2D eigenvalue weighted by Gasteiger charge is 2.40. The molecule has 2 N–H and O–H groups in total. The van der Waals surface area contributed by atoms with Crippen LogP contribution in [0.1, 0.15) is 70.6 Å². The van der Waals surface area contributed by atoms with Crippen molar-refractivity contribution in [2.24, 2.45) is 0 Å². The van der Waals surface area contributed by atoms with Crippen molar-refractivity contribution in [3.05, 3.63) is 0 Å². The number of hydrogen-bond acceptors (Lipinski definition) is 3. The Morgan fingerprint density at radius 1 is 1.10 bits per heavy atom. The van der Waals surface area contributed by atoms with Gasteiger partial charge in [-0.15, -0.1) is 0 Å². The van der Waals surface area contributed by atoms with Crippen molar-refractivity contribution in [1.29, 1.82) is 0 Å². The standard InChI is InChI=1S/C17H30N2O2/c20-16-8-4-3-7-15-14(18-16)9-12-19(15)13-17(21)10-5-1-2-6-11-17/h14-15,21H,1-13H2,(H,18,20)/t14-,15+/m0/s1. The van der Waals surface area contributed by atoms with E-state index in [1.54, 1.807) is 0 Å². The quantitative estimate of drug-likeness (QED) is 0.768. The second-order valence-corrected chi connectivity index (χ2v) is 7.38. The van der Waals surface area contributed by atoms with Gasteiger partial charge in [0.1, 0.15) is 0 Å². The van der Waals surface area contributed by atoms with E-state index in [4.69, 9.17) is 0 Å². The van der Waals surface area contributed by atoms with Crippen LogP contribution in [0, 0.1) is 0 Å². The molecule has 1 amide bonds. The van der Waals surface area contributed by atoms with E-state index in [2.05, 4.69) is 10.2 Å². The average molecular weight is 294 g/mol. The van der Waals surface area contributed by atoms with Gasteiger partial charge < -0.3 is 10.4 Å². The fourth-order valence-corrected chi connectivity index (χ4v) is 4.51. The number of hydrogen-bond donors (Lipinski definition) is 2. The van der Waals surface area contributed by atoms with E-state index in [1.807, 2.05) is 0 Å². The molecule has 3 aliphatic rings. The summed E-state index contributed by atoms with van der Waals surface area (Å²) in [5.74, 6) is 0.222. The van der Waals surface area contributed by atoms with Gasteiger partial charge in [0, 0.05) is 31.6 Å². The van der Waals surface area contributed by atoms with Gasteiger partial charge >= 0.3 is 0 Å². The summed E-state index contributed by atoms with van der Waals surface area (Å²) in [5, 5.41) is 14.2. The third kappa shape index (κ3) is 3.78. The van der Waals surface area contributed by atoms with Gasteiger partial charge in [-0.2, -0.15) is 0 Å². The number of amides is 1. The second kappa shape index (κ2) is 6.66. The van der Waals surface area contributed by atoms with E-state index in [9.17, 15) is 9.90 Å². The number of rotatable bonds is 2. The molecule has 0 aromatic heterocycles. The summed E-state index contributed by atoms with van der Waals surface area (Å²) >= 11 is 0. The zero-order chi connectivity index (χ0) is 14.7. The van der Waals surface area contributed by atoms with Crippen molar-refractivity contribution in [2.45, 2.75) is 88.3 Å². The number of carbonyl (C=O) groups is 1. The van der Waals surface area contributed by atoms with E-state index in [1.165, 1.54) is 19.3 Å². The monoisotopic (exact) mass is 294 g/mol. The zero-order valence-electron chi connectivity index (χ0n) is 13.1. The Labute approximate surface area is 128 Å². The van der Waals surface area contributed by atoms with Crippen LogP contribution in [0.2, 0.25) is 0 Å². The smallest absolute Gasteiger partial charge is 0.220 e. The van der Waals surface area contributed by atoms with Crippen LogP contribution in [0.5, 0.6) is 0 Å². The summed E-state index contributed by atoms with van der Waals surface area (Å²) in [6.45, 7) is 1.84. The topological polar surface area (TPSA) is 52.6 Å². The van der Waals surface area contributed by atoms with Crippen LogP contribution < -0.4 is 5.32 Å². The largest absolute Gasteiger partial charge is 0.389 e. The molecule has 4 nitrogen and oxygen atoms in total. The second-order valence-electron chi connectivity index (χ2n) is 7.38. The van der Waals surface area contributed by atoms with Gasteiger partial charge in [0.25, 0.3) is 0 Å². The molecule has 2 aliphatic heterocycles. The minimum atomic E-state index is -0.488. The molecule has 0 unspecified atom stereocenters. The van der Waals surface area contributed by atoms with Crippen molar-refractivity contribution in [3.8, 4) is 0 Å². The number of nitrogens with one attached hydrogen (secondary N) is 1. The Hall–Kier alpha value is -0.610. The third-order valence-corrected chi connectivity index (χ3v) is 5.69. The average Bonchev–Trinajstić information content (AvgIpc) is 2.65. The van der Waals surface area contributed by atoms with Crippen molar-refractivity contribution in [3.63, 3.8) is 0 Å². The van der Waals surface area contributed by atoms with E-state index in [0.717, 1.165) is 58.0 Å². The summed E-state index contributed by atoms with van der Waals surface area (Å²) in [6.07, 6.45) is 11.8.